The van der Waals surface area contributed by atoms with Crippen LogP contribution in [0.25, 0.3) is 0 Å². The quantitative estimate of drug-likeness (QED) is 0.0273. The van der Waals surface area contributed by atoms with Gasteiger partial charge in [-0.1, -0.05) is 204 Å². The largest absolute Gasteiger partial charge is 0.756 e. The van der Waals surface area contributed by atoms with E-state index in [0.29, 0.717) is 17.4 Å². The van der Waals surface area contributed by atoms with Crippen molar-refractivity contribution in [3.05, 3.63) is 48.6 Å². The molecule has 0 aromatic heterocycles. The number of carbonyl (C=O) groups excluding carboxylic acids is 1. The maximum Gasteiger partial charge on any atom is 0.268 e. The number of carbonyl (C=O) groups is 1. The first-order valence-corrected chi connectivity index (χ1v) is 26.5. The van der Waals surface area contributed by atoms with E-state index in [1.807, 2.05) is 27.2 Å². The van der Waals surface area contributed by atoms with Gasteiger partial charge in [-0.2, -0.15) is 0 Å². The van der Waals surface area contributed by atoms with Crippen LogP contribution in [0.3, 0.4) is 0 Å². The Morgan fingerprint density at radius 2 is 0.967 bits per heavy atom. The topological polar surface area (TPSA) is 108 Å². The highest BCUT2D eigenvalue weighted by molar-refractivity contribution is 7.45. The number of phosphoric ester groups is 1. The number of allylic oxidation sites excluding steroid dienone is 7. The number of unbranched alkanes of at least 4 members (excludes halogenated alkanes) is 26. The van der Waals surface area contributed by atoms with Gasteiger partial charge >= 0.3 is 0 Å². The fraction of sp³-hybridized carbons (Fsp3) is 0.824. The molecule has 0 saturated heterocycles. The van der Waals surface area contributed by atoms with E-state index in [9.17, 15) is 19.4 Å². The number of amides is 1. The zero-order chi connectivity index (χ0) is 44.3. The molecule has 0 aliphatic carbocycles. The first-order chi connectivity index (χ1) is 29.0. The highest BCUT2D eigenvalue weighted by Crippen LogP contribution is 2.38. The van der Waals surface area contributed by atoms with Crippen molar-refractivity contribution in [2.24, 2.45) is 0 Å². The number of aliphatic hydroxyl groups excluding tert-OH is 1. The van der Waals surface area contributed by atoms with E-state index in [4.69, 9.17) is 9.05 Å². The van der Waals surface area contributed by atoms with Crippen molar-refractivity contribution >= 4 is 13.7 Å². The summed E-state index contributed by atoms with van der Waals surface area (Å²) in [5.41, 5.74) is 0. The Kier molecular flexibility index (Phi) is 41.6. The highest BCUT2D eigenvalue weighted by atomic mass is 31.2. The molecule has 3 unspecified atom stereocenters. The molecule has 60 heavy (non-hydrogen) atoms. The molecule has 0 aliphatic heterocycles. The second-order valence-electron chi connectivity index (χ2n) is 18.2. The van der Waals surface area contributed by atoms with E-state index >= 15 is 0 Å². The van der Waals surface area contributed by atoms with Crippen molar-refractivity contribution in [2.45, 2.75) is 231 Å². The molecule has 0 fully saturated rings. The van der Waals surface area contributed by atoms with Gasteiger partial charge < -0.3 is 28.8 Å². The first kappa shape index (κ1) is 58.5. The van der Waals surface area contributed by atoms with Crippen LogP contribution in [0.4, 0.5) is 0 Å². The zero-order valence-electron chi connectivity index (χ0n) is 39.9. The minimum atomic E-state index is -4.59. The number of rotatable bonds is 45. The highest BCUT2D eigenvalue weighted by Gasteiger charge is 2.23. The minimum absolute atomic E-state index is 0.00287. The van der Waals surface area contributed by atoms with Crippen molar-refractivity contribution in [3.63, 3.8) is 0 Å². The van der Waals surface area contributed by atoms with Crippen LogP contribution in [0.5, 0.6) is 0 Å². The van der Waals surface area contributed by atoms with Crippen LogP contribution in [0.15, 0.2) is 48.6 Å². The van der Waals surface area contributed by atoms with Crippen molar-refractivity contribution < 1.29 is 32.9 Å². The second kappa shape index (κ2) is 42.7. The van der Waals surface area contributed by atoms with Crippen LogP contribution in [-0.2, 0) is 18.4 Å². The lowest BCUT2D eigenvalue weighted by Gasteiger charge is -2.29. The van der Waals surface area contributed by atoms with Gasteiger partial charge in [0.2, 0.25) is 5.91 Å². The van der Waals surface area contributed by atoms with Crippen LogP contribution in [-0.4, -0.2) is 68.5 Å². The summed E-state index contributed by atoms with van der Waals surface area (Å²) in [6, 6.07) is -0.888. The average molecular weight is 865 g/mol. The van der Waals surface area contributed by atoms with Gasteiger partial charge in [-0.15, -0.1) is 0 Å². The maximum atomic E-state index is 12.9. The molecule has 0 aliphatic rings. The van der Waals surface area contributed by atoms with E-state index < -0.39 is 20.0 Å². The minimum Gasteiger partial charge on any atom is -0.756 e. The molecule has 0 bridgehead atoms. The number of nitrogens with zero attached hydrogens (tertiary/aromatic N) is 1. The van der Waals surface area contributed by atoms with Gasteiger partial charge in [-0.25, -0.2) is 0 Å². The van der Waals surface area contributed by atoms with E-state index in [2.05, 4.69) is 55.6 Å². The van der Waals surface area contributed by atoms with Crippen molar-refractivity contribution in [1.82, 2.24) is 5.32 Å². The summed E-state index contributed by atoms with van der Waals surface area (Å²) >= 11 is 0. The van der Waals surface area contributed by atoms with Crippen molar-refractivity contribution in [1.29, 1.82) is 0 Å². The molecule has 1 amide bonds. The monoisotopic (exact) mass is 865 g/mol. The number of phosphoric acid groups is 1. The molecular weight excluding hydrogens is 768 g/mol. The SMILES string of the molecule is CCCCCCC/C=C\C/C=C\C/C=C\CCCCCCCCCCCCC(=O)NC(COP(=O)([O-])OCC[N+](C)(C)C)C(O)/C=C/CCCCCCCCCCCCC. The van der Waals surface area contributed by atoms with E-state index in [-0.39, 0.29) is 19.1 Å². The number of hydrogen-bond acceptors (Lipinski definition) is 6. The molecule has 352 valence electrons. The van der Waals surface area contributed by atoms with Gasteiger partial charge in [-0.05, 0) is 57.8 Å². The van der Waals surface area contributed by atoms with Gasteiger partial charge in [0, 0.05) is 6.42 Å². The van der Waals surface area contributed by atoms with Gasteiger partial charge in [0.05, 0.1) is 39.9 Å². The number of aliphatic hydroxyl groups is 1. The summed E-state index contributed by atoms with van der Waals surface area (Å²) in [5.74, 6) is -0.203. The third-order valence-corrected chi connectivity index (χ3v) is 12.0. The van der Waals surface area contributed by atoms with Gasteiger partial charge in [-0.3, -0.25) is 9.36 Å². The van der Waals surface area contributed by atoms with Gasteiger partial charge in [0.15, 0.2) is 0 Å². The molecular formula is C51H97N2O6P. The number of likely N-dealkylation sites (N-methyl/N-ethyl adjacent to an activating group) is 1. The van der Waals surface area contributed by atoms with E-state index in [0.717, 1.165) is 51.4 Å². The van der Waals surface area contributed by atoms with Crippen LogP contribution >= 0.6 is 7.82 Å². The summed E-state index contributed by atoms with van der Waals surface area (Å²) < 4.78 is 23.2. The Morgan fingerprint density at radius 3 is 1.40 bits per heavy atom. The van der Waals surface area contributed by atoms with E-state index in [1.54, 1.807) is 6.08 Å². The molecule has 0 radical (unpaired) electrons. The second-order valence-corrected chi connectivity index (χ2v) is 19.6. The average Bonchev–Trinajstić information content (AvgIpc) is 3.20. The summed E-state index contributed by atoms with van der Waals surface area (Å²) in [7, 11) is 1.26. The normalized spacial score (nSPS) is 14.6. The summed E-state index contributed by atoms with van der Waals surface area (Å²) in [4.78, 5) is 25.4. The Balaban J connectivity index is 4.26. The predicted molar refractivity (Wildman–Crippen MR) is 256 cm³/mol. The number of nitrogens with one attached hydrogen (secondary N) is 1. The zero-order valence-corrected chi connectivity index (χ0v) is 40.8. The molecule has 0 rings (SSSR count). The molecule has 0 spiro atoms. The lowest BCUT2D eigenvalue weighted by atomic mass is 10.0. The fourth-order valence-electron chi connectivity index (χ4n) is 7.04. The van der Waals surface area contributed by atoms with Gasteiger partial charge in [0.25, 0.3) is 7.82 Å². The molecule has 0 aromatic rings. The molecule has 0 aromatic carbocycles. The third kappa shape index (κ3) is 44.5. The standard InChI is InChI=1S/C51H97N2O6P/c1-6-8-10-12-14-16-18-20-21-22-23-24-25-26-27-28-29-30-31-33-35-37-39-41-43-45-51(55)52-49(48-59-60(56,57)58-47-46-53(3,4)5)50(54)44-42-40-38-36-34-32-19-17-15-13-11-9-7-2/h18,20,22-23,25-26,42,44,49-50,54H,6-17,19,21,24,27-41,43,45-48H2,1-5H3,(H-,52,55,56,57)/b20-18-,23-22-,26-25-,44-42+. The Labute approximate surface area is 371 Å². The molecule has 0 heterocycles. The van der Waals surface area contributed by atoms with Crippen molar-refractivity contribution in [3.8, 4) is 0 Å². The summed E-state index contributed by atoms with van der Waals surface area (Å²) in [6.07, 6.45) is 54.5. The van der Waals surface area contributed by atoms with Crippen LogP contribution in [0.2, 0.25) is 0 Å². The molecule has 9 heteroatoms. The van der Waals surface area contributed by atoms with Crippen LogP contribution in [0, 0.1) is 0 Å². The lowest BCUT2D eigenvalue weighted by molar-refractivity contribution is -0.870. The Hall–Kier alpha value is -1.54. The summed E-state index contributed by atoms with van der Waals surface area (Å²) in [6.45, 7) is 4.63. The lowest BCUT2D eigenvalue weighted by Crippen LogP contribution is -2.45. The molecule has 2 N–H and O–H groups in total. The summed E-state index contributed by atoms with van der Waals surface area (Å²) in [5, 5.41) is 13.8. The number of quaternary nitrogens is 1. The molecule has 3 atom stereocenters. The van der Waals surface area contributed by atoms with Gasteiger partial charge in [0.1, 0.15) is 13.2 Å². The maximum absolute atomic E-state index is 12.9. The predicted octanol–water partition coefficient (Wildman–Crippen LogP) is 13.8. The molecule has 0 saturated carbocycles. The third-order valence-electron chi connectivity index (χ3n) is 11.0. The Bertz CT molecular complexity index is 1120. The fourth-order valence-corrected chi connectivity index (χ4v) is 7.76. The first-order valence-electron chi connectivity index (χ1n) is 25.0. The van der Waals surface area contributed by atoms with Crippen LogP contribution in [0.1, 0.15) is 219 Å². The van der Waals surface area contributed by atoms with E-state index in [1.165, 1.54) is 148 Å². The van der Waals surface area contributed by atoms with Crippen molar-refractivity contribution in [2.75, 3.05) is 40.9 Å². The Morgan fingerprint density at radius 1 is 0.583 bits per heavy atom. The molecule has 8 nitrogen and oxygen atoms in total. The number of hydrogen-bond donors (Lipinski definition) is 2. The van der Waals surface area contributed by atoms with Crippen LogP contribution < -0.4 is 10.2 Å². The smallest absolute Gasteiger partial charge is 0.268 e.